The fourth-order valence-electron chi connectivity index (χ4n) is 2.77. The average molecular weight is 306 g/mol. The lowest BCUT2D eigenvalue weighted by Gasteiger charge is -2.32. The van der Waals surface area contributed by atoms with Crippen molar-refractivity contribution in [3.05, 3.63) is 12.3 Å². The third-order valence-electron chi connectivity index (χ3n) is 4.27. The molecular weight excluding hydrogens is 280 g/mol. The largest absolute Gasteiger partial charge is 0.379 e. The van der Waals surface area contributed by atoms with E-state index in [1.165, 1.54) is 0 Å². The van der Waals surface area contributed by atoms with Crippen LogP contribution in [0.1, 0.15) is 0 Å². The van der Waals surface area contributed by atoms with Gasteiger partial charge in [0.1, 0.15) is 5.82 Å². The third kappa shape index (κ3) is 4.28. The summed E-state index contributed by atoms with van der Waals surface area (Å²) in [6, 6.07) is 1.94. The zero-order chi connectivity index (χ0) is 15.2. The minimum atomic E-state index is 0.837. The van der Waals surface area contributed by atoms with Gasteiger partial charge < -0.3 is 19.9 Å². The molecule has 0 radical (unpaired) electrons. The monoisotopic (exact) mass is 306 g/mol. The molecule has 2 fully saturated rings. The number of hydrogen-bond acceptors (Lipinski definition) is 7. The Kier molecular flexibility index (Phi) is 5.42. The first-order chi connectivity index (χ1) is 10.8. The van der Waals surface area contributed by atoms with Gasteiger partial charge in [0.15, 0.2) is 0 Å². The summed E-state index contributed by atoms with van der Waals surface area (Å²) in [5, 5.41) is 3.41. The van der Waals surface area contributed by atoms with Gasteiger partial charge in [-0.05, 0) is 13.1 Å². The molecule has 2 aliphatic heterocycles. The molecule has 0 amide bonds. The first kappa shape index (κ1) is 15.5. The van der Waals surface area contributed by atoms with E-state index in [1.54, 1.807) is 0 Å². The topological polar surface area (TPSA) is 56.8 Å². The van der Waals surface area contributed by atoms with Crippen molar-refractivity contribution in [3.8, 4) is 0 Å². The lowest BCUT2D eigenvalue weighted by atomic mass is 10.3. The van der Waals surface area contributed by atoms with Crippen LogP contribution in [0.15, 0.2) is 12.3 Å². The SMILES string of the molecule is CN1CCN(c2nccc(NCCN3CCOCC3)n2)CC1. The second-order valence-corrected chi connectivity index (χ2v) is 5.91. The van der Waals surface area contributed by atoms with Crippen molar-refractivity contribution < 1.29 is 4.74 Å². The Bertz CT molecular complexity index is 457. The molecule has 1 aromatic rings. The smallest absolute Gasteiger partial charge is 0.227 e. The van der Waals surface area contributed by atoms with Gasteiger partial charge in [0, 0.05) is 58.6 Å². The summed E-state index contributed by atoms with van der Waals surface area (Å²) in [6.45, 7) is 9.80. The highest BCUT2D eigenvalue weighted by molar-refractivity contribution is 5.41. The molecule has 2 saturated heterocycles. The van der Waals surface area contributed by atoms with Crippen LogP contribution in [-0.4, -0.2) is 92.4 Å². The summed E-state index contributed by atoms with van der Waals surface area (Å²) in [5.74, 6) is 1.75. The van der Waals surface area contributed by atoms with Crippen LogP contribution in [0.5, 0.6) is 0 Å². The molecule has 0 unspecified atom stereocenters. The number of nitrogens with zero attached hydrogens (tertiary/aromatic N) is 5. The lowest BCUT2D eigenvalue weighted by molar-refractivity contribution is 0.0398. The summed E-state index contributed by atoms with van der Waals surface area (Å²) in [6.07, 6.45) is 1.84. The summed E-state index contributed by atoms with van der Waals surface area (Å²) in [7, 11) is 2.15. The molecule has 1 N–H and O–H groups in total. The molecule has 122 valence electrons. The zero-order valence-electron chi connectivity index (χ0n) is 13.4. The van der Waals surface area contributed by atoms with Gasteiger partial charge in [-0.15, -0.1) is 0 Å². The maximum atomic E-state index is 5.36. The minimum absolute atomic E-state index is 0.837. The van der Waals surface area contributed by atoms with Gasteiger partial charge in [-0.2, -0.15) is 4.98 Å². The molecule has 7 nitrogen and oxygen atoms in total. The number of piperazine rings is 1. The summed E-state index contributed by atoms with van der Waals surface area (Å²) in [5.41, 5.74) is 0. The van der Waals surface area contributed by atoms with Gasteiger partial charge in [-0.1, -0.05) is 0 Å². The molecule has 0 saturated carbocycles. The van der Waals surface area contributed by atoms with Crippen LogP contribution in [0.3, 0.4) is 0 Å². The average Bonchev–Trinajstić information content (AvgIpc) is 2.57. The van der Waals surface area contributed by atoms with Crippen LogP contribution < -0.4 is 10.2 Å². The second-order valence-electron chi connectivity index (χ2n) is 5.91. The highest BCUT2D eigenvalue weighted by Crippen LogP contribution is 2.12. The molecule has 0 aliphatic carbocycles. The number of rotatable bonds is 5. The molecule has 3 heterocycles. The number of anilines is 2. The summed E-state index contributed by atoms with van der Waals surface area (Å²) >= 11 is 0. The number of ether oxygens (including phenoxy) is 1. The highest BCUT2D eigenvalue weighted by Gasteiger charge is 2.16. The van der Waals surface area contributed by atoms with E-state index >= 15 is 0 Å². The van der Waals surface area contributed by atoms with Crippen molar-refractivity contribution in [2.24, 2.45) is 0 Å². The number of likely N-dealkylation sites (N-methyl/N-ethyl adjacent to an activating group) is 1. The van der Waals surface area contributed by atoms with Crippen molar-refractivity contribution >= 4 is 11.8 Å². The van der Waals surface area contributed by atoms with Gasteiger partial charge in [-0.3, -0.25) is 4.90 Å². The Balaban J connectivity index is 1.48. The molecule has 3 rings (SSSR count). The Morgan fingerprint density at radius 1 is 1.14 bits per heavy atom. The maximum absolute atomic E-state index is 5.36. The molecular formula is C15H26N6O. The van der Waals surface area contributed by atoms with Crippen LogP contribution in [0.2, 0.25) is 0 Å². The summed E-state index contributed by atoms with van der Waals surface area (Å²) in [4.78, 5) is 16.1. The predicted molar refractivity (Wildman–Crippen MR) is 87.5 cm³/mol. The first-order valence-electron chi connectivity index (χ1n) is 8.12. The van der Waals surface area contributed by atoms with E-state index in [-0.39, 0.29) is 0 Å². The molecule has 1 aromatic heterocycles. The van der Waals surface area contributed by atoms with E-state index in [1.807, 2.05) is 12.3 Å². The molecule has 22 heavy (non-hydrogen) atoms. The van der Waals surface area contributed by atoms with E-state index in [4.69, 9.17) is 4.74 Å². The number of morpholine rings is 1. The lowest BCUT2D eigenvalue weighted by Crippen LogP contribution is -2.45. The van der Waals surface area contributed by atoms with Crippen LogP contribution in [0.4, 0.5) is 11.8 Å². The minimum Gasteiger partial charge on any atom is -0.379 e. The van der Waals surface area contributed by atoms with Gasteiger partial charge in [0.2, 0.25) is 5.95 Å². The highest BCUT2D eigenvalue weighted by atomic mass is 16.5. The van der Waals surface area contributed by atoms with Crippen molar-refractivity contribution in [1.29, 1.82) is 0 Å². The van der Waals surface area contributed by atoms with E-state index in [0.29, 0.717) is 0 Å². The Morgan fingerprint density at radius 2 is 1.91 bits per heavy atom. The first-order valence-corrected chi connectivity index (χ1v) is 8.12. The number of nitrogens with one attached hydrogen (secondary N) is 1. The fraction of sp³-hybridized carbons (Fsp3) is 0.733. The molecule has 0 spiro atoms. The standard InChI is InChI=1S/C15H26N6O/c1-19-6-8-21(9-7-19)15-17-3-2-14(18-15)16-4-5-20-10-12-22-13-11-20/h2-3H,4-13H2,1H3,(H,16,17,18). The van der Waals surface area contributed by atoms with Crippen LogP contribution >= 0.6 is 0 Å². The van der Waals surface area contributed by atoms with Crippen molar-refractivity contribution in [2.75, 3.05) is 82.8 Å². The molecule has 7 heteroatoms. The van der Waals surface area contributed by atoms with Crippen LogP contribution in [0.25, 0.3) is 0 Å². The maximum Gasteiger partial charge on any atom is 0.227 e. The quantitative estimate of drug-likeness (QED) is 0.820. The number of hydrogen-bond donors (Lipinski definition) is 1. The molecule has 0 aromatic carbocycles. The van der Waals surface area contributed by atoms with Crippen LogP contribution in [0, 0.1) is 0 Å². The Morgan fingerprint density at radius 3 is 2.68 bits per heavy atom. The van der Waals surface area contributed by atoms with Crippen molar-refractivity contribution in [1.82, 2.24) is 19.8 Å². The van der Waals surface area contributed by atoms with E-state index in [0.717, 1.165) is 77.3 Å². The molecule has 2 aliphatic rings. The fourth-order valence-corrected chi connectivity index (χ4v) is 2.77. The summed E-state index contributed by atoms with van der Waals surface area (Å²) < 4.78 is 5.36. The second kappa shape index (κ2) is 7.71. The van der Waals surface area contributed by atoms with Crippen LogP contribution in [-0.2, 0) is 4.74 Å². The molecule has 0 atom stereocenters. The van der Waals surface area contributed by atoms with E-state index in [9.17, 15) is 0 Å². The number of aromatic nitrogens is 2. The van der Waals surface area contributed by atoms with E-state index < -0.39 is 0 Å². The van der Waals surface area contributed by atoms with Gasteiger partial charge in [-0.25, -0.2) is 4.98 Å². The van der Waals surface area contributed by atoms with E-state index in [2.05, 4.69) is 37.0 Å². The van der Waals surface area contributed by atoms with Crippen molar-refractivity contribution in [2.45, 2.75) is 0 Å². The Labute approximate surface area is 132 Å². The third-order valence-corrected chi connectivity index (χ3v) is 4.27. The van der Waals surface area contributed by atoms with Crippen molar-refractivity contribution in [3.63, 3.8) is 0 Å². The zero-order valence-corrected chi connectivity index (χ0v) is 13.4. The van der Waals surface area contributed by atoms with Gasteiger partial charge in [0.25, 0.3) is 0 Å². The Hall–Kier alpha value is -1.44. The van der Waals surface area contributed by atoms with Gasteiger partial charge >= 0.3 is 0 Å². The molecule has 0 bridgehead atoms. The normalized spacial score (nSPS) is 21.0. The predicted octanol–water partition coefficient (Wildman–Crippen LogP) is -0.0275. The van der Waals surface area contributed by atoms with Gasteiger partial charge in [0.05, 0.1) is 13.2 Å².